The lowest BCUT2D eigenvalue weighted by Gasteiger charge is -2.26. The summed E-state index contributed by atoms with van der Waals surface area (Å²) in [6.07, 6.45) is 6.60. The second-order valence-electron chi connectivity index (χ2n) is 5.95. The van der Waals surface area contributed by atoms with Crippen LogP contribution in [0.3, 0.4) is 0 Å². The molecule has 1 heterocycles. The molecule has 3 heteroatoms. The van der Waals surface area contributed by atoms with Gasteiger partial charge in [-0.25, -0.2) is 0 Å². The molecule has 1 aromatic carbocycles. The molecule has 0 saturated carbocycles. The summed E-state index contributed by atoms with van der Waals surface area (Å²) in [4.78, 5) is 16.9. The van der Waals surface area contributed by atoms with Crippen molar-refractivity contribution in [1.82, 2.24) is 4.90 Å². The number of carbonyl (C=O) groups is 1. The highest BCUT2D eigenvalue weighted by atomic mass is 16.2. The molecule has 22 heavy (non-hydrogen) atoms. The van der Waals surface area contributed by atoms with Gasteiger partial charge in [-0.05, 0) is 37.1 Å². The molecule has 120 valence electrons. The Labute approximate surface area is 134 Å². The lowest BCUT2D eigenvalue weighted by molar-refractivity contribution is 0.0735. The third kappa shape index (κ3) is 3.90. The van der Waals surface area contributed by atoms with Gasteiger partial charge in [-0.15, -0.1) is 0 Å². The number of hydrogen-bond donors (Lipinski definition) is 0. The van der Waals surface area contributed by atoms with E-state index in [2.05, 4.69) is 50.0 Å². The molecule has 0 radical (unpaired) electrons. The first-order valence-electron chi connectivity index (χ1n) is 8.48. The minimum Gasteiger partial charge on any atom is -0.364 e. The van der Waals surface area contributed by atoms with Gasteiger partial charge in [0.2, 0.25) is 0 Å². The number of carbonyl (C=O) groups excluding carboxylic acids is 1. The average molecular weight is 300 g/mol. The molecule has 0 N–H and O–H groups in total. The van der Waals surface area contributed by atoms with Crippen molar-refractivity contribution < 1.29 is 4.79 Å². The summed E-state index contributed by atoms with van der Waals surface area (Å²) in [5, 5.41) is 0. The van der Waals surface area contributed by atoms with Gasteiger partial charge in [0.05, 0.1) is 0 Å². The lowest BCUT2D eigenvalue weighted by atomic mass is 10.0. The Bertz CT molecular complexity index is 495. The standard InChI is InChI=1S/C19H28N2O/c1-4-16(5-2)15-20(6-3)19(22)17-9-11-18(12-10-17)21-13-7-8-14-21/h7-12,16H,4-6,13-15H2,1-3H3. The average Bonchev–Trinajstić information content (AvgIpc) is 3.10. The van der Waals surface area contributed by atoms with E-state index in [1.54, 1.807) is 0 Å². The van der Waals surface area contributed by atoms with Crippen LogP contribution in [-0.4, -0.2) is 37.0 Å². The minimum atomic E-state index is 0.153. The summed E-state index contributed by atoms with van der Waals surface area (Å²) < 4.78 is 0. The quantitative estimate of drug-likeness (QED) is 0.712. The van der Waals surface area contributed by atoms with Crippen LogP contribution < -0.4 is 4.90 Å². The van der Waals surface area contributed by atoms with E-state index in [0.29, 0.717) is 5.92 Å². The van der Waals surface area contributed by atoms with E-state index in [0.717, 1.165) is 44.6 Å². The molecule has 1 aromatic rings. The number of benzene rings is 1. The molecule has 0 atom stereocenters. The van der Waals surface area contributed by atoms with Gasteiger partial charge in [-0.1, -0.05) is 38.8 Å². The highest BCUT2D eigenvalue weighted by Crippen LogP contribution is 2.19. The Morgan fingerprint density at radius 3 is 2.18 bits per heavy atom. The molecule has 2 rings (SSSR count). The van der Waals surface area contributed by atoms with Crippen LogP contribution in [0, 0.1) is 5.92 Å². The van der Waals surface area contributed by atoms with Gasteiger partial charge in [-0.3, -0.25) is 4.79 Å². The smallest absolute Gasteiger partial charge is 0.253 e. The SMILES string of the molecule is CCC(CC)CN(CC)C(=O)c1ccc(N2CC=CC2)cc1. The largest absolute Gasteiger partial charge is 0.364 e. The van der Waals surface area contributed by atoms with Crippen LogP contribution in [0.15, 0.2) is 36.4 Å². The van der Waals surface area contributed by atoms with Crippen LogP contribution in [0.4, 0.5) is 5.69 Å². The maximum absolute atomic E-state index is 12.7. The highest BCUT2D eigenvalue weighted by Gasteiger charge is 2.18. The summed E-state index contributed by atoms with van der Waals surface area (Å²) in [7, 11) is 0. The first kappa shape index (κ1) is 16.6. The summed E-state index contributed by atoms with van der Waals surface area (Å²) >= 11 is 0. The second-order valence-corrected chi connectivity index (χ2v) is 5.95. The van der Waals surface area contributed by atoms with Crippen molar-refractivity contribution in [2.24, 2.45) is 5.92 Å². The fraction of sp³-hybridized carbons (Fsp3) is 0.526. The summed E-state index contributed by atoms with van der Waals surface area (Å²) in [5.41, 5.74) is 1.98. The third-order valence-electron chi connectivity index (χ3n) is 4.60. The van der Waals surface area contributed by atoms with Crippen molar-refractivity contribution in [2.45, 2.75) is 33.6 Å². The van der Waals surface area contributed by atoms with E-state index in [1.807, 2.05) is 17.0 Å². The number of amides is 1. The van der Waals surface area contributed by atoms with Crippen LogP contribution >= 0.6 is 0 Å². The Balaban J connectivity index is 2.03. The van der Waals surface area contributed by atoms with Gasteiger partial charge in [0.25, 0.3) is 5.91 Å². The van der Waals surface area contributed by atoms with E-state index in [9.17, 15) is 4.79 Å². The first-order valence-corrected chi connectivity index (χ1v) is 8.48. The predicted octanol–water partition coefficient (Wildman–Crippen LogP) is 3.96. The molecular weight excluding hydrogens is 272 g/mol. The first-order chi connectivity index (χ1) is 10.7. The Hall–Kier alpha value is -1.77. The maximum Gasteiger partial charge on any atom is 0.253 e. The van der Waals surface area contributed by atoms with Crippen LogP contribution in [0.2, 0.25) is 0 Å². The molecule has 1 aliphatic rings. The van der Waals surface area contributed by atoms with Crippen molar-refractivity contribution >= 4 is 11.6 Å². The van der Waals surface area contributed by atoms with Crippen molar-refractivity contribution in [3.63, 3.8) is 0 Å². The van der Waals surface area contributed by atoms with E-state index >= 15 is 0 Å². The Morgan fingerprint density at radius 1 is 1.09 bits per heavy atom. The fourth-order valence-corrected chi connectivity index (χ4v) is 2.90. The van der Waals surface area contributed by atoms with Crippen LogP contribution in [0.1, 0.15) is 44.0 Å². The minimum absolute atomic E-state index is 0.153. The zero-order valence-corrected chi connectivity index (χ0v) is 14.1. The molecule has 0 bridgehead atoms. The van der Waals surface area contributed by atoms with Crippen LogP contribution in [-0.2, 0) is 0 Å². The van der Waals surface area contributed by atoms with Gasteiger partial charge in [-0.2, -0.15) is 0 Å². The number of nitrogens with zero attached hydrogens (tertiary/aromatic N) is 2. The molecule has 1 aliphatic heterocycles. The van der Waals surface area contributed by atoms with Gasteiger partial charge >= 0.3 is 0 Å². The van der Waals surface area contributed by atoms with Crippen molar-refractivity contribution in [2.75, 3.05) is 31.1 Å². The Morgan fingerprint density at radius 2 is 1.68 bits per heavy atom. The van der Waals surface area contributed by atoms with Crippen molar-refractivity contribution in [1.29, 1.82) is 0 Å². The van der Waals surface area contributed by atoms with Crippen LogP contribution in [0.5, 0.6) is 0 Å². The molecule has 0 saturated heterocycles. The highest BCUT2D eigenvalue weighted by molar-refractivity contribution is 5.94. The summed E-state index contributed by atoms with van der Waals surface area (Å²) in [5.74, 6) is 0.749. The van der Waals surface area contributed by atoms with Crippen LogP contribution in [0.25, 0.3) is 0 Å². The van der Waals surface area contributed by atoms with E-state index in [4.69, 9.17) is 0 Å². The van der Waals surface area contributed by atoms with Gasteiger partial charge in [0.15, 0.2) is 0 Å². The monoisotopic (exact) mass is 300 g/mol. The number of anilines is 1. The van der Waals surface area contributed by atoms with E-state index in [1.165, 1.54) is 5.69 Å². The van der Waals surface area contributed by atoms with Crippen molar-refractivity contribution in [3.05, 3.63) is 42.0 Å². The summed E-state index contributed by atoms with van der Waals surface area (Å²) in [6, 6.07) is 8.05. The molecule has 0 spiro atoms. The fourth-order valence-electron chi connectivity index (χ4n) is 2.90. The maximum atomic E-state index is 12.7. The Kier molecular flexibility index (Phi) is 6.05. The summed E-state index contributed by atoms with van der Waals surface area (Å²) in [6.45, 7) is 10.0. The normalized spacial score (nSPS) is 13.9. The molecule has 1 amide bonds. The zero-order chi connectivity index (χ0) is 15.9. The van der Waals surface area contributed by atoms with E-state index < -0.39 is 0 Å². The topological polar surface area (TPSA) is 23.6 Å². The number of hydrogen-bond acceptors (Lipinski definition) is 2. The van der Waals surface area contributed by atoms with Gasteiger partial charge < -0.3 is 9.80 Å². The second kappa shape index (κ2) is 8.02. The zero-order valence-electron chi connectivity index (χ0n) is 14.1. The molecule has 3 nitrogen and oxygen atoms in total. The molecule has 0 fully saturated rings. The molecule has 0 aromatic heterocycles. The molecular formula is C19H28N2O. The van der Waals surface area contributed by atoms with Gasteiger partial charge in [0, 0.05) is 37.4 Å². The molecule has 0 unspecified atom stereocenters. The third-order valence-corrected chi connectivity index (χ3v) is 4.60. The lowest BCUT2D eigenvalue weighted by Crippen LogP contribution is -2.35. The number of rotatable bonds is 7. The molecule has 0 aliphatic carbocycles. The van der Waals surface area contributed by atoms with Crippen molar-refractivity contribution in [3.8, 4) is 0 Å². The van der Waals surface area contributed by atoms with Gasteiger partial charge in [0.1, 0.15) is 0 Å². The van der Waals surface area contributed by atoms with E-state index in [-0.39, 0.29) is 5.91 Å². The predicted molar refractivity (Wildman–Crippen MR) is 93.4 cm³/mol.